The zero-order chi connectivity index (χ0) is 24.6. The van der Waals surface area contributed by atoms with E-state index in [-0.39, 0.29) is 11.8 Å². The van der Waals surface area contributed by atoms with Crippen LogP contribution in [0.3, 0.4) is 0 Å². The molecule has 0 spiro atoms. The lowest BCUT2D eigenvalue weighted by Crippen LogP contribution is -2.50. The summed E-state index contributed by atoms with van der Waals surface area (Å²) in [5.74, 6) is 1.03. The second-order valence-electron chi connectivity index (χ2n) is 8.35. The van der Waals surface area contributed by atoms with E-state index in [2.05, 4.69) is 27.4 Å². The molecular formula is C27H31N5O3. The number of hydrogen-bond acceptors (Lipinski definition) is 6. The molecule has 0 saturated carbocycles. The monoisotopic (exact) mass is 473 g/mol. The number of carbonyl (C=O) groups is 2. The molecule has 0 atom stereocenters. The van der Waals surface area contributed by atoms with Gasteiger partial charge in [0.25, 0.3) is 5.91 Å². The summed E-state index contributed by atoms with van der Waals surface area (Å²) in [7, 11) is 1.60. The molecule has 1 aliphatic rings. The number of piperazine rings is 1. The first-order valence-electron chi connectivity index (χ1n) is 11.8. The van der Waals surface area contributed by atoms with Gasteiger partial charge in [-0.2, -0.15) is 0 Å². The van der Waals surface area contributed by atoms with Gasteiger partial charge in [0.1, 0.15) is 11.6 Å². The highest BCUT2D eigenvalue weighted by Gasteiger charge is 2.25. The van der Waals surface area contributed by atoms with Gasteiger partial charge in [0.05, 0.1) is 24.9 Å². The smallest absolute Gasteiger partial charge is 0.257 e. The minimum atomic E-state index is -0.0866. The third-order valence-corrected chi connectivity index (χ3v) is 6.10. The van der Waals surface area contributed by atoms with Crippen LogP contribution in [0.1, 0.15) is 22.8 Å². The van der Waals surface area contributed by atoms with Gasteiger partial charge in [-0.05, 0) is 42.3 Å². The van der Waals surface area contributed by atoms with Crippen LogP contribution in [-0.4, -0.2) is 66.4 Å². The Morgan fingerprint density at radius 2 is 1.66 bits per heavy atom. The standard InChI is InChI=1S/C27H31N5O3/c1-3-20-9-4-5-11-22(20)29-25(33)19-31-15-17-32(18-16-31)27(34)21-10-8-14-28-26(21)30-23-12-6-7-13-24(23)35-2/h4-14H,3,15-19H2,1-2H3,(H,28,30)(H,29,33). The van der Waals surface area contributed by atoms with Gasteiger partial charge in [-0.3, -0.25) is 14.5 Å². The Bertz CT molecular complexity index is 1170. The number of aromatic nitrogens is 1. The molecular weight excluding hydrogens is 442 g/mol. The molecule has 8 heteroatoms. The lowest BCUT2D eigenvalue weighted by Gasteiger charge is -2.34. The predicted octanol–water partition coefficient (Wildman–Crippen LogP) is 3.79. The van der Waals surface area contributed by atoms with Crippen LogP contribution in [0.2, 0.25) is 0 Å². The zero-order valence-electron chi connectivity index (χ0n) is 20.2. The van der Waals surface area contributed by atoms with Gasteiger partial charge in [-0.25, -0.2) is 4.98 Å². The van der Waals surface area contributed by atoms with Crippen molar-refractivity contribution < 1.29 is 14.3 Å². The molecule has 35 heavy (non-hydrogen) atoms. The number of hydrogen-bond donors (Lipinski definition) is 2. The molecule has 0 radical (unpaired) electrons. The molecule has 2 heterocycles. The van der Waals surface area contributed by atoms with Crippen molar-refractivity contribution in [3.05, 3.63) is 78.0 Å². The van der Waals surface area contributed by atoms with Gasteiger partial charge < -0.3 is 20.3 Å². The molecule has 2 amide bonds. The quantitative estimate of drug-likeness (QED) is 0.518. The number of methoxy groups -OCH3 is 1. The van der Waals surface area contributed by atoms with Crippen LogP contribution in [0.15, 0.2) is 66.9 Å². The van der Waals surface area contributed by atoms with E-state index in [4.69, 9.17) is 4.74 Å². The summed E-state index contributed by atoms with van der Waals surface area (Å²) in [6, 6.07) is 18.9. The number of pyridine rings is 1. The fourth-order valence-corrected chi connectivity index (χ4v) is 4.18. The van der Waals surface area contributed by atoms with Crippen LogP contribution in [0, 0.1) is 0 Å². The maximum absolute atomic E-state index is 13.3. The van der Waals surface area contributed by atoms with Crippen LogP contribution >= 0.6 is 0 Å². The maximum atomic E-state index is 13.3. The Morgan fingerprint density at radius 1 is 0.943 bits per heavy atom. The van der Waals surface area contributed by atoms with Crippen molar-refractivity contribution in [2.75, 3.05) is 50.5 Å². The molecule has 1 saturated heterocycles. The molecule has 0 aliphatic carbocycles. The zero-order valence-corrected chi connectivity index (χ0v) is 20.2. The van der Waals surface area contributed by atoms with Crippen LogP contribution in [0.25, 0.3) is 0 Å². The van der Waals surface area contributed by atoms with Gasteiger partial charge in [-0.15, -0.1) is 0 Å². The van der Waals surface area contributed by atoms with E-state index in [1.54, 1.807) is 25.4 Å². The molecule has 8 nitrogen and oxygen atoms in total. The van der Waals surface area contributed by atoms with E-state index < -0.39 is 0 Å². The number of aryl methyl sites for hydroxylation is 1. The summed E-state index contributed by atoms with van der Waals surface area (Å²) in [6.45, 7) is 4.71. The van der Waals surface area contributed by atoms with Gasteiger partial charge in [0.15, 0.2) is 0 Å². The SMILES string of the molecule is CCc1ccccc1NC(=O)CN1CCN(C(=O)c2cccnc2Nc2ccccc2OC)CC1. The molecule has 182 valence electrons. The minimum Gasteiger partial charge on any atom is -0.495 e. The second kappa shape index (κ2) is 11.5. The number of para-hydroxylation sites is 3. The van der Waals surface area contributed by atoms with Crippen molar-refractivity contribution in [3.63, 3.8) is 0 Å². The van der Waals surface area contributed by atoms with E-state index in [9.17, 15) is 9.59 Å². The molecule has 1 aromatic heterocycles. The Morgan fingerprint density at radius 3 is 2.40 bits per heavy atom. The van der Waals surface area contributed by atoms with Crippen molar-refractivity contribution in [1.82, 2.24) is 14.8 Å². The van der Waals surface area contributed by atoms with Gasteiger partial charge in [0.2, 0.25) is 5.91 Å². The summed E-state index contributed by atoms with van der Waals surface area (Å²) in [6.07, 6.45) is 2.52. The van der Waals surface area contributed by atoms with Crippen LogP contribution in [0.5, 0.6) is 5.75 Å². The van der Waals surface area contributed by atoms with Crippen LogP contribution in [-0.2, 0) is 11.2 Å². The number of nitrogens with zero attached hydrogens (tertiary/aromatic N) is 3. The highest BCUT2D eigenvalue weighted by atomic mass is 16.5. The first kappa shape index (κ1) is 24.2. The highest BCUT2D eigenvalue weighted by Crippen LogP contribution is 2.28. The molecule has 4 rings (SSSR count). The minimum absolute atomic E-state index is 0.0405. The molecule has 1 fully saturated rings. The average Bonchev–Trinajstić information content (AvgIpc) is 2.89. The van der Waals surface area contributed by atoms with E-state index in [0.29, 0.717) is 49.9 Å². The Labute approximate surface area is 205 Å². The van der Waals surface area contributed by atoms with Gasteiger partial charge >= 0.3 is 0 Å². The summed E-state index contributed by atoms with van der Waals surface area (Å²) in [5, 5.41) is 6.25. The first-order chi connectivity index (χ1) is 17.1. The molecule has 0 bridgehead atoms. The number of ether oxygens (including phenoxy) is 1. The number of nitrogens with one attached hydrogen (secondary N) is 2. The maximum Gasteiger partial charge on any atom is 0.257 e. The second-order valence-corrected chi connectivity index (χ2v) is 8.35. The average molecular weight is 474 g/mol. The normalized spacial score (nSPS) is 13.8. The third-order valence-electron chi connectivity index (χ3n) is 6.10. The number of carbonyl (C=O) groups excluding carboxylic acids is 2. The number of rotatable bonds is 8. The Hall–Kier alpha value is -3.91. The van der Waals surface area contributed by atoms with Crippen molar-refractivity contribution in [1.29, 1.82) is 0 Å². The predicted molar refractivity (Wildman–Crippen MR) is 137 cm³/mol. The van der Waals surface area contributed by atoms with E-state index >= 15 is 0 Å². The van der Waals surface area contributed by atoms with E-state index in [0.717, 1.165) is 23.4 Å². The fraction of sp³-hybridized carbons (Fsp3) is 0.296. The summed E-state index contributed by atoms with van der Waals surface area (Å²) >= 11 is 0. The topological polar surface area (TPSA) is 86.8 Å². The van der Waals surface area contributed by atoms with Gasteiger partial charge in [0, 0.05) is 38.1 Å². The molecule has 2 aromatic carbocycles. The first-order valence-corrected chi connectivity index (χ1v) is 11.8. The van der Waals surface area contributed by atoms with Crippen molar-refractivity contribution in [3.8, 4) is 5.75 Å². The Balaban J connectivity index is 1.35. The molecule has 2 N–H and O–H groups in total. The summed E-state index contributed by atoms with van der Waals surface area (Å²) < 4.78 is 5.40. The molecule has 3 aromatic rings. The molecule has 1 aliphatic heterocycles. The summed E-state index contributed by atoms with van der Waals surface area (Å²) in [5.41, 5.74) is 3.22. The summed E-state index contributed by atoms with van der Waals surface area (Å²) in [4.78, 5) is 34.2. The number of benzene rings is 2. The fourth-order valence-electron chi connectivity index (χ4n) is 4.18. The van der Waals surface area contributed by atoms with Gasteiger partial charge in [-0.1, -0.05) is 37.3 Å². The Kier molecular flexibility index (Phi) is 7.95. The van der Waals surface area contributed by atoms with Crippen LogP contribution in [0.4, 0.5) is 17.2 Å². The van der Waals surface area contributed by atoms with Crippen molar-refractivity contribution in [2.45, 2.75) is 13.3 Å². The van der Waals surface area contributed by atoms with E-state index in [1.165, 1.54) is 0 Å². The van der Waals surface area contributed by atoms with Crippen LogP contribution < -0.4 is 15.4 Å². The third kappa shape index (κ3) is 5.96. The highest BCUT2D eigenvalue weighted by molar-refractivity contribution is 5.99. The van der Waals surface area contributed by atoms with Crippen molar-refractivity contribution in [2.24, 2.45) is 0 Å². The van der Waals surface area contributed by atoms with E-state index in [1.807, 2.05) is 53.4 Å². The lowest BCUT2D eigenvalue weighted by atomic mass is 10.1. The number of anilines is 3. The lowest BCUT2D eigenvalue weighted by molar-refractivity contribution is -0.117. The number of amides is 2. The van der Waals surface area contributed by atoms with Crippen molar-refractivity contribution >= 4 is 29.0 Å². The molecule has 0 unspecified atom stereocenters. The largest absolute Gasteiger partial charge is 0.495 e.